The van der Waals surface area contributed by atoms with Gasteiger partial charge in [0.25, 0.3) is 5.24 Å². The minimum atomic E-state index is -0.633. The Morgan fingerprint density at radius 3 is 2.59 bits per heavy atom. The summed E-state index contributed by atoms with van der Waals surface area (Å²) in [5.74, 6) is 0.0688. The predicted octanol–water partition coefficient (Wildman–Crippen LogP) is 3.67. The molecule has 0 radical (unpaired) electrons. The summed E-state index contributed by atoms with van der Waals surface area (Å²) in [6.07, 6.45) is 2.18. The summed E-state index contributed by atoms with van der Waals surface area (Å²) in [6, 6.07) is 9.58. The van der Waals surface area contributed by atoms with E-state index in [4.69, 9.17) is 16.1 Å². The van der Waals surface area contributed by atoms with Crippen LogP contribution in [0, 0.1) is 0 Å². The van der Waals surface area contributed by atoms with Gasteiger partial charge in [-0.1, -0.05) is 42.8 Å². The average Bonchev–Trinajstić information content (AvgIpc) is 2.80. The van der Waals surface area contributed by atoms with Gasteiger partial charge in [-0.3, -0.25) is 4.79 Å². The lowest BCUT2D eigenvalue weighted by atomic mass is 10.1. The van der Waals surface area contributed by atoms with E-state index in [2.05, 4.69) is 24.2 Å². The molecule has 2 rings (SSSR count). The second-order valence-electron chi connectivity index (χ2n) is 3.80. The summed E-state index contributed by atoms with van der Waals surface area (Å²) < 4.78 is 4.83. The molecule has 88 valence electrons. The number of aromatic nitrogens is 1. The molecule has 1 heterocycles. The van der Waals surface area contributed by atoms with Crippen LogP contribution in [0.3, 0.4) is 0 Å². The van der Waals surface area contributed by atoms with E-state index in [9.17, 15) is 4.79 Å². The second kappa shape index (κ2) is 5.15. The van der Waals surface area contributed by atoms with Crippen LogP contribution in [0.2, 0.25) is 0 Å². The number of benzene rings is 1. The third-order valence-corrected chi connectivity index (χ3v) is 2.68. The lowest BCUT2D eigenvalue weighted by Crippen LogP contribution is -1.84. The van der Waals surface area contributed by atoms with Crippen LogP contribution in [-0.2, 0) is 6.42 Å². The molecule has 0 fully saturated rings. The Bertz CT molecular complexity index is 516. The Morgan fingerprint density at radius 1 is 1.35 bits per heavy atom. The fourth-order valence-corrected chi connectivity index (χ4v) is 1.72. The monoisotopic (exact) mass is 249 g/mol. The first-order chi connectivity index (χ1) is 8.20. The van der Waals surface area contributed by atoms with Crippen LogP contribution in [0.1, 0.15) is 29.5 Å². The molecule has 0 saturated heterocycles. The van der Waals surface area contributed by atoms with E-state index < -0.39 is 5.24 Å². The summed E-state index contributed by atoms with van der Waals surface area (Å²) in [5, 5.41) is 3.17. The fraction of sp³-hybridized carbons (Fsp3) is 0.231. The van der Waals surface area contributed by atoms with E-state index in [0.29, 0.717) is 5.69 Å². The van der Waals surface area contributed by atoms with Gasteiger partial charge < -0.3 is 4.52 Å². The van der Waals surface area contributed by atoms with Crippen LogP contribution in [0.15, 0.2) is 34.9 Å². The Morgan fingerprint density at radius 2 is 2.06 bits per heavy atom. The second-order valence-corrected chi connectivity index (χ2v) is 4.14. The maximum Gasteiger partial charge on any atom is 0.290 e. The Hall–Kier alpha value is -1.61. The molecule has 0 aliphatic carbocycles. The SMILES string of the molecule is CCCc1ccc(-c2cc(C(=O)Cl)on2)cc1. The number of hydrogen-bond acceptors (Lipinski definition) is 3. The molecule has 3 nitrogen and oxygen atoms in total. The van der Waals surface area contributed by atoms with Crippen molar-refractivity contribution in [1.82, 2.24) is 5.16 Å². The van der Waals surface area contributed by atoms with E-state index in [-0.39, 0.29) is 5.76 Å². The molecule has 0 amide bonds. The van der Waals surface area contributed by atoms with Gasteiger partial charge >= 0.3 is 0 Å². The summed E-state index contributed by atoms with van der Waals surface area (Å²) >= 11 is 5.30. The molecule has 1 aromatic heterocycles. The van der Waals surface area contributed by atoms with Crippen molar-refractivity contribution in [2.24, 2.45) is 0 Å². The van der Waals surface area contributed by atoms with Crippen molar-refractivity contribution in [2.45, 2.75) is 19.8 Å². The smallest absolute Gasteiger partial charge is 0.290 e. The molecule has 17 heavy (non-hydrogen) atoms. The van der Waals surface area contributed by atoms with E-state index in [1.54, 1.807) is 6.07 Å². The van der Waals surface area contributed by atoms with Gasteiger partial charge in [-0.15, -0.1) is 0 Å². The van der Waals surface area contributed by atoms with Crippen molar-refractivity contribution in [1.29, 1.82) is 0 Å². The minimum absolute atomic E-state index is 0.0688. The van der Waals surface area contributed by atoms with Gasteiger partial charge in [0.15, 0.2) is 0 Å². The van der Waals surface area contributed by atoms with Crippen molar-refractivity contribution in [3.63, 3.8) is 0 Å². The minimum Gasteiger partial charge on any atom is -0.351 e. The zero-order valence-electron chi connectivity index (χ0n) is 9.44. The molecule has 2 aromatic rings. The van der Waals surface area contributed by atoms with Crippen LogP contribution in [0.5, 0.6) is 0 Å². The number of carbonyl (C=O) groups is 1. The molecule has 0 aliphatic heterocycles. The van der Waals surface area contributed by atoms with Crippen molar-refractivity contribution < 1.29 is 9.32 Å². The van der Waals surface area contributed by atoms with Crippen LogP contribution in [0.25, 0.3) is 11.3 Å². The van der Waals surface area contributed by atoms with E-state index >= 15 is 0 Å². The number of aryl methyl sites for hydroxylation is 1. The van der Waals surface area contributed by atoms with Crippen molar-refractivity contribution in [3.8, 4) is 11.3 Å². The topological polar surface area (TPSA) is 43.1 Å². The highest BCUT2D eigenvalue weighted by Crippen LogP contribution is 2.20. The van der Waals surface area contributed by atoms with Crippen molar-refractivity contribution in [2.75, 3.05) is 0 Å². The Balaban J connectivity index is 2.23. The van der Waals surface area contributed by atoms with Crippen molar-refractivity contribution >= 4 is 16.8 Å². The largest absolute Gasteiger partial charge is 0.351 e. The molecule has 0 bridgehead atoms. The number of rotatable bonds is 4. The van der Waals surface area contributed by atoms with Gasteiger partial charge in [0.1, 0.15) is 5.69 Å². The highest BCUT2D eigenvalue weighted by atomic mass is 35.5. The maximum atomic E-state index is 10.9. The summed E-state index contributed by atoms with van der Waals surface area (Å²) in [6.45, 7) is 2.14. The zero-order valence-corrected chi connectivity index (χ0v) is 10.2. The van der Waals surface area contributed by atoms with Crippen molar-refractivity contribution in [3.05, 3.63) is 41.7 Å². The van der Waals surface area contributed by atoms with E-state index in [1.165, 1.54) is 5.56 Å². The molecule has 0 spiro atoms. The lowest BCUT2D eigenvalue weighted by Gasteiger charge is -1.99. The number of carbonyl (C=O) groups excluding carboxylic acids is 1. The third-order valence-electron chi connectivity index (χ3n) is 2.49. The van der Waals surface area contributed by atoms with Crippen LogP contribution < -0.4 is 0 Å². The standard InChI is InChI=1S/C13H12ClNO2/c1-2-3-9-4-6-10(7-5-9)11-8-12(13(14)16)17-15-11/h4-8H,2-3H2,1H3. The summed E-state index contributed by atoms with van der Waals surface area (Å²) in [4.78, 5) is 10.9. The quantitative estimate of drug-likeness (QED) is 0.777. The molecule has 0 saturated carbocycles. The van der Waals surface area contributed by atoms with Gasteiger partial charge in [0, 0.05) is 11.6 Å². The first-order valence-corrected chi connectivity index (χ1v) is 5.84. The molecular weight excluding hydrogens is 238 g/mol. The molecule has 0 aliphatic rings. The van der Waals surface area contributed by atoms with Crippen LogP contribution in [0.4, 0.5) is 0 Å². The zero-order chi connectivity index (χ0) is 12.3. The maximum absolute atomic E-state index is 10.9. The van der Waals surface area contributed by atoms with E-state index in [1.807, 2.05) is 12.1 Å². The highest BCUT2D eigenvalue weighted by Gasteiger charge is 2.11. The molecular formula is C13H12ClNO2. The van der Waals surface area contributed by atoms with E-state index in [0.717, 1.165) is 18.4 Å². The third kappa shape index (κ3) is 2.74. The molecule has 0 unspecified atom stereocenters. The number of hydrogen-bond donors (Lipinski definition) is 0. The number of nitrogens with zero attached hydrogens (tertiary/aromatic N) is 1. The van der Waals surface area contributed by atoms with Gasteiger partial charge in [-0.2, -0.15) is 0 Å². The van der Waals surface area contributed by atoms with Gasteiger partial charge in [-0.25, -0.2) is 0 Å². The fourth-order valence-electron chi connectivity index (χ4n) is 1.63. The molecule has 4 heteroatoms. The van der Waals surface area contributed by atoms with Gasteiger partial charge in [0.2, 0.25) is 5.76 Å². The van der Waals surface area contributed by atoms with Crippen LogP contribution in [-0.4, -0.2) is 10.4 Å². The molecule has 1 aromatic carbocycles. The highest BCUT2D eigenvalue weighted by molar-refractivity contribution is 6.67. The Kier molecular flexibility index (Phi) is 3.59. The first-order valence-electron chi connectivity index (χ1n) is 5.46. The lowest BCUT2D eigenvalue weighted by molar-refractivity contribution is 0.104. The average molecular weight is 250 g/mol. The summed E-state index contributed by atoms with van der Waals surface area (Å²) in [7, 11) is 0. The molecule has 0 N–H and O–H groups in total. The Labute approximate surface area is 104 Å². The summed E-state index contributed by atoms with van der Waals surface area (Å²) in [5.41, 5.74) is 2.82. The first kappa shape index (κ1) is 11.9. The predicted molar refractivity (Wildman–Crippen MR) is 66.1 cm³/mol. The number of halogens is 1. The normalized spacial score (nSPS) is 10.5. The molecule has 0 atom stereocenters. The van der Waals surface area contributed by atoms with Crippen LogP contribution >= 0.6 is 11.6 Å². The van der Waals surface area contributed by atoms with Gasteiger partial charge in [-0.05, 0) is 23.6 Å². The van der Waals surface area contributed by atoms with Gasteiger partial charge in [0.05, 0.1) is 0 Å².